The zero-order valence-corrected chi connectivity index (χ0v) is 19.2. The van der Waals surface area contributed by atoms with E-state index in [4.69, 9.17) is 9.47 Å². The SMILES string of the molecule is COc1cccc(N(CCCC(=O)NC2CC(C)(C)Oc3ccccc32)S(C)(=O)=O)c1. The number of nitrogens with one attached hydrogen (secondary N) is 1. The van der Waals surface area contributed by atoms with Crippen LogP contribution in [0.2, 0.25) is 0 Å². The molecule has 3 rings (SSSR count). The molecule has 168 valence electrons. The first-order chi connectivity index (χ1) is 14.6. The quantitative estimate of drug-likeness (QED) is 0.669. The standard InChI is InChI=1S/C23H30N2O5S/c1-23(2)16-20(19-11-5-6-12-21(19)30-23)24-22(26)13-8-14-25(31(4,27)28)17-9-7-10-18(15-17)29-3/h5-7,9-12,15,20H,8,13-14,16H2,1-4H3,(H,24,26). The van der Waals surface area contributed by atoms with Gasteiger partial charge in [0.1, 0.15) is 17.1 Å². The van der Waals surface area contributed by atoms with Gasteiger partial charge in [0.25, 0.3) is 0 Å². The van der Waals surface area contributed by atoms with Crippen LogP contribution in [0.4, 0.5) is 5.69 Å². The Morgan fingerprint density at radius 1 is 1.23 bits per heavy atom. The predicted octanol–water partition coefficient (Wildman–Crippen LogP) is 3.66. The summed E-state index contributed by atoms with van der Waals surface area (Å²) < 4.78 is 37.1. The number of amides is 1. The van der Waals surface area contributed by atoms with Gasteiger partial charge in [0, 0.05) is 31.0 Å². The van der Waals surface area contributed by atoms with Gasteiger partial charge in [0.05, 0.1) is 25.1 Å². The Kier molecular flexibility index (Phi) is 6.79. The minimum atomic E-state index is -3.49. The molecule has 1 unspecified atom stereocenters. The number of carbonyl (C=O) groups is 1. The smallest absolute Gasteiger partial charge is 0.232 e. The van der Waals surface area contributed by atoms with Crippen LogP contribution in [-0.4, -0.2) is 39.8 Å². The summed E-state index contributed by atoms with van der Waals surface area (Å²) >= 11 is 0. The number of para-hydroxylation sites is 1. The van der Waals surface area contributed by atoms with Crippen molar-refractivity contribution in [2.45, 2.75) is 44.8 Å². The Hall–Kier alpha value is -2.74. The zero-order chi connectivity index (χ0) is 22.6. The second kappa shape index (κ2) is 9.18. The number of anilines is 1. The molecule has 0 spiro atoms. The third-order valence-electron chi connectivity index (χ3n) is 5.22. The molecule has 1 atom stereocenters. The van der Waals surface area contributed by atoms with Gasteiger partial charge in [-0.1, -0.05) is 24.3 Å². The van der Waals surface area contributed by atoms with E-state index in [1.165, 1.54) is 11.4 Å². The highest BCUT2D eigenvalue weighted by atomic mass is 32.2. The highest BCUT2D eigenvalue weighted by molar-refractivity contribution is 7.92. The third kappa shape index (κ3) is 5.91. The Balaban J connectivity index is 1.63. The molecular formula is C23H30N2O5S. The van der Waals surface area contributed by atoms with Crippen LogP contribution in [0.1, 0.15) is 44.7 Å². The average Bonchev–Trinajstić information content (AvgIpc) is 2.69. The molecule has 0 saturated heterocycles. The number of hydrogen-bond acceptors (Lipinski definition) is 5. The molecule has 1 aliphatic rings. The van der Waals surface area contributed by atoms with E-state index in [2.05, 4.69) is 5.32 Å². The maximum atomic E-state index is 12.7. The number of hydrogen-bond donors (Lipinski definition) is 1. The molecule has 0 aliphatic carbocycles. The first kappa shape index (κ1) is 22.9. The molecule has 1 aliphatic heterocycles. The number of methoxy groups -OCH3 is 1. The Bertz CT molecular complexity index is 1040. The number of carbonyl (C=O) groups excluding carboxylic acids is 1. The molecular weight excluding hydrogens is 416 g/mol. The molecule has 0 bridgehead atoms. The van der Waals surface area contributed by atoms with Crippen LogP contribution < -0.4 is 19.1 Å². The molecule has 1 amide bonds. The lowest BCUT2D eigenvalue weighted by atomic mass is 9.89. The van der Waals surface area contributed by atoms with E-state index in [0.29, 0.717) is 24.3 Å². The second-order valence-electron chi connectivity index (χ2n) is 8.36. The largest absolute Gasteiger partial charge is 0.497 e. The normalized spacial score (nSPS) is 17.2. The van der Waals surface area contributed by atoms with Crippen LogP contribution in [0.15, 0.2) is 48.5 Å². The van der Waals surface area contributed by atoms with Crippen molar-refractivity contribution in [3.05, 3.63) is 54.1 Å². The Morgan fingerprint density at radius 2 is 1.97 bits per heavy atom. The lowest BCUT2D eigenvalue weighted by Crippen LogP contribution is -2.41. The summed E-state index contributed by atoms with van der Waals surface area (Å²) in [5.74, 6) is 1.24. The van der Waals surface area contributed by atoms with Gasteiger partial charge in [-0.2, -0.15) is 0 Å². The molecule has 8 heteroatoms. The van der Waals surface area contributed by atoms with Crippen LogP contribution in [0, 0.1) is 0 Å². The van der Waals surface area contributed by atoms with Gasteiger partial charge in [0.2, 0.25) is 15.9 Å². The molecule has 0 aromatic heterocycles. The molecule has 0 saturated carbocycles. The Labute approximate surface area is 184 Å². The summed E-state index contributed by atoms with van der Waals surface area (Å²) in [7, 11) is -1.96. The van der Waals surface area contributed by atoms with Gasteiger partial charge in [-0.3, -0.25) is 9.10 Å². The average molecular weight is 447 g/mol. The second-order valence-corrected chi connectivity index (χ2v) is 10.3. The fourth-order valence-electron chi connectivity index (χ4n) is 3.83. The minimum Gasteiger partial charge on any atom is -0.497 e. The third-order valence-corrected chi connectivity index (χ3v) is 6.41. The van der Waals surface area contributed by atoms with Crippen molar-refractivity contribution in [1.29, 1.82) is 0 Å². The van der Waals surface area contributed by atoms with Crippen molar-refractivity contribution in [2.24, 2.45) is 0 Å². The lowest BCUT2D eigenvalue weighted by Gasteiger charge is -2.37. The van der Waals surface area contributed by atoms with Crippen molar-refractivity contribution < 1.29 is 22.7 Å². The molecule has 0 radical (unpaired) electrons. The summed E-state index contributed by atoms with van der Waals surface area (Å²) in [5.41, 5.74) is 1.10. The minimum absolute atomic E-state index is 0.114. The maximum absolute atomic E-state index is 12.7. The first-order valence-corrected chi connectivity index (χ1v) is 12.1. The molecule has 7 nitrogen and oxygen atoms in total. The van der Waals surface area contributed by atoms with Crippen LogP contribution in [0.3, 0.4) is 0 Å². The van der Waals surface area contributed by atoms with Gasteiger partial charge in [-0.25, -0.2) is 8.42 Å². The van der Waals surface area contributed by atoms with Gasteiger partial charge < -0.3 is 14.8 Å². The number of fused-ring (bicyclic) bond motifs is 1. The zero-order valence-electron chi connectivity index (χ0n) is 18.4. The number of ether oxygens (including phenoxy) is 2. The summed E-state index contributed by atoms with van der Waals surface area (Å²) in [6.45, 7) is 4.20. The number of benzene rings is 2. The summed E-state index contributed by atoms with van der Waals surface area (Å²) in [5, 5.41) is 3.09. The van der Waals surface area contributed by atoms with E-state index in [1.807, 2.05) is 38.1 Å². The van der Waals surface area contributed by atoms with Crippen LogP contribution >= 0.6 is 0 Å². The van der Waals surface area contributed by atoms with Crippen molar-refractivity contribution in [1.82, 2.24) is 5.32 Å². The molecule has 31 heavy (non-hydrogen) atoms. The monoisotopic (exact) mass is 446 g/mol. The predicted molar refractivity (Wildman–Crippen MR) is 121 cm³/mol. The summed E-state index contributed by atoms with van der Waals surface area (Å²) in [4.78, 5) is 12.7. The molecule has 2 aromatic rings. The van der Waals surface area contributed by atoms with Crippen LogP contribution in [0.25, 0.3) is 0 Å². The highest BCUT2D eigenvalue weighted by Crippen LogP contribution is 2.39. The number of nitrogens with zero attached hydrogens (tertiary/aromatic N) is 1. The summed E-state index contributed by atoms with van der Waals surface area (Å²) in [6.07, 6.45) is 2.43. The molecule has 2 aromatic carbocycles. The maximum Gasteiger partial charge on any atom is 0.232 e. The number of rotatable bonds is 8. The van der Waals surface area contributed by atoms with Crippen molar-refractivity contribution in [3.8, 4) is 11.5 Å². The van der Waals surface area contributed by atoms with E-state index >= 15 is 0 Å². The topological polar surface area (TPSA) is 84.9 Å². The van der Waals surface area contributed by atoms with Crippen LogP contribution in [0.5, 0.6) is 11.5 Å². The molecule has 1 heterocycles. The van der Waals surface area contributed by atoms with E-state index < -0.39 is 10.0 Å². The number of sulfonamides is 1. The van der Waals surface area contributed by atoms with Gasteiger partial charge in [-0.15, -0.1) is 0 Å². The molecule has 0 fully saturated rings. The lowest BCUT2D eigenvalue weighted by molar-refractivity contribution is -0.122. The van der Waals surface area contributed by atoms with Gasteiger partial charge in [-0.05, 0) is 38.5 Å². The summed E-state index contributed by atoms with van der Waals surface area (Å²) in [6, 6.07) is 14.4. The van der Waals surface area contributed by atoms with E-state index in [1.54, 1.807) is 24.3 Å². The van der Waals surface area contributed by atoms with Gasteiger partial charge >= 0.3 is 0 Å². The first-order valence-electron chi connectivity index (χ1n) is 10.3. The van der Waals surface area contributed by atoms with E-state index in [9.17, 15) is 13.2 Å². The Morgan fingerprint density at radius 3 is 2.68 bits per heavy atom. The van der Waals surface area contributed by atoms with Crippen molar-refractivity contribution >= 4 is 21.6 Å². The fourth-order valence-corrected chi connectivity index (χ4v) is 4.79. The molecule has 1 N–H and O–H groups in total. The van der Waals surface area contributed by atoms with E-state index in [-0.39, 0.29) is 30.5 Å². The van der Waals surface area contributed by atoms with Crippen LogP contribution in [-0.2, 0) is 14.8 Å². The van der Waals surface area contributed by atoms with E-state index in [0.717, 1.165) is 17.6 Å². The highest BCUT2D eigenvalue weighted by Gasteiger charge is 2.34. The van der Waals surface area contributed by atoms with Gasteiger partial charge in [0.15, 0.2) is 0 Å². The van der Waals surface area contributed by atoms with Crippen molar-refractivity contribution in [2.75, 3.05) is 24.2 Å². The fraction of sp³-hybridized carbons (Fsp3) is 0.435. The van der Waals surface area contributed by atoms with Crippen molar-refractivity contribution in [3.63, 3.8) is 0 Å².